The lowest BCUT2D eigenvalue weighted by atomic mass is 10.1. The van der Waals surface area contributed by atoms with Gasteiger partial charge in [0.1, 0.15) is 11.6 Å². The van der Waals surface area contributed by atoms with Crippen LogP contribution in [-0.2, 0) is 6.54 Å². The van der Waals surface area contributed by atoms with Crippen molar-refractivity contribution in [1.29, 1.82) is 0 Å². The van der Waals surface area contributed by atoms with E-state index in [2.05, 4.69) is 25.8 Å². The van der Waals surface area contributed by atoms with E-state index < -0.39 is 6.10 Å². The Labute approximate surface area is 161 Å². The number of hydrogen-bond donors (Lipinski definition) is 2. The summed E-state index contributed by atoms with van der Waals surface area (Å²) in [6.45, 7) is 4.72. The average Bonchev–Trinajstić information content (AvgIpc) is 3.31. The molecule has 0 radical (unpaired) electrons. The lowest BCUT2D eigenvalue weighted by Crippen LogP contribution is -2.27. The number of carbonyl (C=O) groups is 1. The van der Waals surface area contributed by atoms with E-state index in [9.17, 15) is 9.90 Å². The predicted octanol–water partition coefficient (Wildman–Crippen LogP) is 1.59. The van der Waals surface area contributed by atoms with Crippen molar-refractivity contribution in [2.75, 3.05) is 6.54 Å². The zero-order valence-electron chi connectivity index (χ0n) is 15.6. The first-order valence-electron chi connectivity index (χ1n) is 9.14. The number of fused-ring (bicyclic) bond motifs is 2. The molecule has 4 aromatic rings. The van der Waals surface area contributed by atoms with Crippen molar-refractivity contribution in [3.8, 4) is 0 Å². The van der Waals surface area contributed by atoms with Gasteiger partial charge in [0.25, 0.3) is 5.91 Å². The number of rotatable bonds is 6. The number of nitrogens with one attached hydrogen (secondary N) is 1. The van der Waals surface area contributed by atoms with Gasteiger partial charge in [-0.1, -0.05) is 31.2 Å². The largest absolute Gasteiger partial charge is 0.385 e. The number of pyridine rings is 1. The minimum atomic E-state index is -0.756. The molecule has 1 aromatic carbocycles. The lowest BCUT2D eigenvalue weighted by molar-refractivity contribution is 0.0950. The highest BCUT2D eigenvalue weighted by molar-refractivity contribution is 5.94. The van der Waals surface area contributed by atoms with Gasteiger partial charge in [-0.25, -0.2) is 4.68 Å². The molecular formula is C19H21N7O2. The van der Waals surface area contributed by atoms with Gasteiger partial charge in [0.05, 0.1) is 17.6 Å². The van der Waals surface area contributed by atoms with Gasteiger partial charge in [-0.15, -0.1) is 15.3 Å². The molecule has 0 spiro atoms. The van der Waals surface area contributed by atoms with Crippen LogP contribution in [0.1, 0.15) is 36.1 Å². The molecule has 0 aliphatic carbocycles. The Morgan fingerprint density at radius 2 is 1.96 bits per heavy atom. The molecule has 0 saturated heterocycles. The second-order valence-electron chi connectivity index (χ2n) is 6.95. The van der Waals surface area contributed by atoms with Crippen molar-refractivity contribution in [1.82, 2.24) is 34.9 Å². The number of carbonyl (C=O) groups excluding carboxylic acids is 1. The highest BCUT2D eigenvalue weighted by Gasteiger charge is 2.19. The SMILES string of the molecule is CC(C)C(O)c1nnc2ccc(C(=O)NCCn3nnc4ccccc43)cn12. The molecule has 28 heavy (non-hydrogen) atoms. The molecule has 0 saturated carbocycles. The maximum absolute atomic E-state index is 12.5. The van der Waals surface area contributed by atoms with Crippen LogP contribution in [0, 0.1) is 5.92 Å². The fraction of sp³-hybridized carbons (Fsp3) is 0.316. The number of aliphatic hydroxyl groups excluding tert-OH is 1. The molecule has 1 atom stereocenters. The summed E-state index contributed by atoms with van der Waals surface area (Å²) in [7, 11) is 0. The minimum absolute atomic E-state index is 0.0117. The standard InChI is InChI=1S/C19H21N7O2/c1-12(2)17(27)18-23-22-16-8-7-13(11-25(16)18)19(28)20-9-10-26-15-6-4-3-5-14(15)21-24-26/h3-8,11-12,17,27H,9-10H2,1-2H3,(H,20,28). The molecule has 4 rings (SSSR count). The maximum Gasteiger partial charge on any atom is 0.252 e. The summed E-state index contributed by atoms with van der Waals surface area (Å²) in [6, 6.07) is 11.1. The van der Waals surface area contributed by atoms with Crippen LogP contribution < -0.4 is 5.32 Å². The van der Waals surface area contributed by atoms with Crippen LogP contribution in [-0.4, -0.2) is 47.2 Å². The fourth-order valence-electron chi connectivity index (χ4n) is 3.00. The molecule has 1 amide bonds. The van der Waals surface area contributed by atoms with E-state index in [1.165, 1.54) is 0 Å². The highest BCUT2D eigenvalue weighted by Crippen LogP contribution is 2.20. The Kier molecular flexibility index (Phi) is 4.74. The Hall–Kier alpha value is -3.33. The second kappa shape index (κ2) is 7.35. The summed E-state index contributed by atoms with van der Waals surface area (Å²) < 4.78 is 3.42. The Morgan fingerprint density at radius 3 is 2.79 bits per heavy atom. The van der Waals surface area contributed by atoms with Crippen molar-refractivity contribution in [2.24, 2.45) is 5.92 Å². The van der Waals surface area contributed by atoms with Gasteiger partial charge in [0, 0.05) is 12.7 Å². The van der Waals surface area contributed by atoms with Crippen molar-refractivity contribution < 1.29 is 9.90 Å². The summed E-state index contributed by atoms with van der Waals surface area (Å²) in [5, 5.41) is 29.5. The summed E-state index contributed by atoms with van der Waals surface area (Å²) in [6.07, 6.45) is 0.894. The number of aromatic nitrogens is 6. The Balaban J connectivity index is 1.47. The van der Waals surface area contributed by atoms with E-state index >= 15 is 0 Å². The van der Waals surface area contributed by atoms with Gasteiger partial charge >= 0.3 is 0 Å². The second-order valence-corrected chi connectivity index (χ2v) is 6.95. The van der Waals surface area contributed by atoms with Gasteiger partial charge in [0.15, 0.2) is 11.5 Å². The Morgan fingerprint density at radius 1 is 1.14 bits per heavy atom. The van der Waals surface area contributed by atoms with Crippen LogP contribution in [0.5, 0.6) is 0 Å². The smallest absolute Gasteiger partial charge is 0.252 e. The molecule has 9 nitrogen and oxygen atoms in total. The van der Waals surface area contributed by atoms with Crippen LogP contribution in [0.2, 0.25) is 0 Å². The van der Waals surface area contributed by atoms with Crippen LogP contribution in [0.25, 0.3) is 16.7 Å². The van der Waals surface area contributed by atoms with Gasteiger partial charge in [0.2, 0.25) is 0 Å². The topological polar surface area (TPSA) is 110 Å². The molecular weight excluding hydrogens is 358 g/mol. The molecule has 0 aliphatic heterocycles. The number of para-hydroxylation sites is 1. The highest BCUT2D eigenvalue weighted by atomic mass is 16.3. The first-order valence-corrected chi connectivity index (χ1v) is 9.14. The summed E-state index contributed by atoms with van der Waals surface area (Å²) in [4.78, 5) is 12.5. The quantitative estimate of drug-likeness (QED) is 0.526. The third kappa shape index (κ3) is 3.31. The van der Waals surface area contributed by atoms with E-state index in [-0.39, 0.29) is 11.8 Å². The van der Waals surface area contributed by atoms with Crippen molar-refractivity contribution in [3.63, 3.8) is 0 Å². The molecule has 3 aromatic heterocycles. The predicted molar refractivity (Wildman–Crippen MR) is 103 cm³/mol. The number of hydrogen-bond acceptors (Lipinski definition) is 6. The van der Waals surface area contributed by atoms with Gasteiger partial charge in [-0.2, -0.15) is 0 Å². The zero-order chi connectivity index (χ0) is 19.7. The third-order valence-corrected chi connectivity index (χ3v) is 4.62. The summed E-state index contributed by atoms with van der Waals surface area (Å²) in [5.74, 6) is 0.195. The van der Waals surface area contributed by atoms with Crippen LogP contribution >= 0.6 is 0 Å². The molecule has 1 unspecified atom stereocenters. The maximum atomic E-state index is 12.5. The van der Waals surface area contributed by atoms with E-state index in [1.807, 2.05) is 38.1 Å². The lowest BCUT2D eigenvalue weighted by Gasteiger charge is -2.12. The van der Waals surface area contributed by atoms with E-state index in [4.69, 9.17) is 0 Å². The number of amides is 1. The van der Waals surface area contributed by atoms with E-state index in [0.29, 0.717) is 30.1 Å². The van der Waals surface area contributed by atoms with Crippen LogP contribution in [0.4, 0.5) is 0 Å². The van der Waals surface area contributed by atoms with Crippen molar-refractivity contribution >= 4 is 22.6 Å². The first kappa shape index (κ1) is 18.1. The van der Waals surface area contributed by atoms with Gasteiger partial charge in [-0.05, 0) is 30.2 Å². The van der Waals surface area contributed by atoms with Crippen LogP contribution in [0.15, 0.2) is 42.6 Å². The van der Waals surface area contributed by atoms with E-state index in [1.54, 1.807) is 27.4 Å². The molecule has 144 valence electrons. The fourth-order valence-corrected chi connectivity index (χ4v) is 3.00. The zero-order valence-corrected chi connectivity index (χ0v) is 15.6. The first-order chi connectivity index (χ1) is 13.5. The molecule has 0 aliphatic rings. The van der Waals surface area contributed by atoms with Crippen molar-refractivity contribution in [2.45, 2.75) is 26.5 Å². The average molecular weight is 379 g/mol. The van der Waals surface area contributed by atoms with Gasteiger partial charge in [-0.3, -0.25) is 9.20 Å². The van der Waals surface area contributed by atoms with Gasteiger partial charge < -0.3 is 10.4 Å². The van der Waals surface area contributed by atoms with Crippen LogP contribution in [0.3, 0.4) is 0 Å². The molecule has 0 fully saturated rings. The Bertz CT molecular complexity index is 1130. The molecule has 9 heteroatoms. The number of nitrogens with zero attached hydrogens (tertiary/aromatic N) is 6. The molecule has 2 N–H and O–H groups in total. The number of aliphatic hydroxyl groups is 1. The van der Waals surface area contributed by atoms with Crippen molar-refractivity contribution in [3.05, 3.63) is 54.0 Å². The molecule has 0 bridgehead atoms. The minimum Gasteiger partial charge on any atom is -0.385 e. The number of benzene rings is 1. The summed E-state index contributed by atoms with van der Waals surface area (Å²) >= 11 is 0. The third-order valence-electron chi connectivity index (χ3n) is 4.62. The normalized spacial score (nSPS) is 12.7. The summed E-state index contributed by atoms with van der Waals surface area (Å²) in [5.41, 5.74) is 2.80. The molecule has 3 heterocycles. The van der Waals surface area contributed by atoms with E-state index in [0.717, 1.165) is 11.0 Å². The monoisotopic (exact) mass is 379 g/mol.